The molecule has 1 unspecified atom stereocenters. The minimum Gasteiger partial charge on any atom is -0.314 e. The number of nitriles is 1. The van der Waals surface area contributed by atoms with E-state index in [-0.39, 0.29) is 0 Å². The number of rotatable bonds is 5. The van der Waals surface area contributed by atoms with Crippen molar-refractivity contribution in [2.75, 3.05) is 5.75 Å². The van der Waals surface area contributed by atoms with Crippen LogP contribution in [0.4, 0.5) is 0 Å². The van der Waals surface area contributed by atoms with Crippen molar-refractivity contribution >= 4 is 11.8 Å². The van der Waals surface area contributed by atoms with Crippen LogP contribution in [0.1, 0.15) is 19.8 Å². The van der Waals surface area contributed by atoms with E-state index in [1.807, 2.05) is 0 Å². The summed E-state index contributed by atoms with van der Waals surface area (Å²) in [6, 6.07) is 3.87. The summed E-state index contributed by atoms with van der Waals surface area (Å²) in [7, 11) is 0. The maximum Gasteiger partial charge on any atom is 0.187 e. The van der Waals surface area contributed by atoms with Crippen LogP contribution >= 0.6 is 11.8 Å². The maximum atomic E-state index is 8.70. The van der Waals surface area contributed by atoms with E-state index in [0.717, 1.165) is 17.3 Å². The molecule has 0 fully saturated rings. The van der Waals surface area contributed by atoms with Crippen molar-refractivity contribution in [3.63, 3.8) is 0 Å². The molecule has 1 atom stereocenters. The molecule has 1 aromatic rings. The lowest BCUT2D eigenvalue weighted by atomic mass is 10.0. The smallest absolute Gasteiger partial charge is 0.187 e. The number of hydrogen-bond acceptors (Lipinski definition) is 5. The van der Waals surface area contributed by atoms with Gasteiger partial charge in [-0.25, -0.2) is 9.97 Å². The topological polar surface area (TPSA) is 75.6 Å². The van der Waals surface area contributed by atoms with E-state index in [9.17, 15) is 0 Å². The highest BCUT2D eigenvalue weighted by atomic mass is 32.2. The van der Waals surface area contributed by atoms with Gasteiger partial charge in [0.2, 0.25) is 0 Å². The Hall–Kier alpha value is -1.12. The van der Waals surface area contributed by atoms with Crippen LogP contribution in [0.25, 0.3) is 0 Å². The van der Waals surface area contributed by atoms with Crippen molar-refractivity contribution in [2.45, 2.75) is 30.5 Å². The molecular formula is C10H14N4S. The molecule has 0 saturated heterocycles. The third-order valence-electron chi connectivity index (χ3n) is 1.87. The molecule has 0 amide bonds. The molecular weight excluding hydrogens is 208 g/mol. The Kier molecular flexibility index (Phi) is 4.53. The van der Waals surface area contributed by atoms with Gasteiger partial charge < -0.3 is 5.73 Å². The second kappa shape index (κ2) is 5.69. The van der Waals surface area contributed by atoms with Crippen molar-refractivity contribution in [2.24, 2.45) is 5.73 Å². The summed E-state index contributed by atoms with van der Waals surface area (Å²) >= 11 is 1.58. The molecule has 0 aromatic carbocycles. The molecule has 80 valence electrons. The fourth-order valence-electron chi connectivity index (χ4n) is 1.02. The van der Waals surface area contributed by atoms with Gasteiger partial charge in [0.05, 0.1) is 6.07 Å². The number of nitrogens with zero attached hydrogens (tertiary/aromatic N) is 3. The minimum atomic E-state index is -0.710. The molecule has 0 spiro atoms. The third kappa shape index (κ3) is 4.77. The average molecular weight is 222 g/mol. The Balaban J connectivity index is 2.21. The maximum absolute atomic E-state index is 8.70. The lowest BCUT2D eigenvalue weighted by molar-refractivity contribution is 0.540. The molecule has 4 nitrogen and oxygen atoms in total. The molecule has 0 aliphatic carbocycles. The van der Waals surface area contributed by atoms with Crippen molar-refractivity contribution in [1.82, 2.24) is 9.97 Å². The van der Waals surface area contributed by atoms with Gasteiger partial charge in [0.25, 0.3) is 0 Å². The summed E-state index contributed by atoms with van der Waals surface area (Å²) in [6.07, 6.45) is 5.03. The van der Waals surface area contributed by atoms with Crippen LogP contribution in [0.5, 0.6) is 0 Å². The fourth-order valence-corrected chi connectivity index (χ4v) is 1.76. The fraction of sp³-hybridized carbons (Fsp3) is 0.500. The molecule has 1 heterocycles. The monoisotopic (exact) mass is 222 g/mol. The summed E-state index contributed by atoms with van der Waals surface area (Å²) in [5, 5.41) is 9.48. The van der Waals surface area contributed by atoms with Crippen LogP contribution in [0.3, 0.4) is 0 Å². The van der Waals surface area contributed by atoms with Crippen LogP contribution in [0.15, 0.2) is 23.6 Å². The number of thioether (sulfide) groups is 1. The van der Waals surface area contributed by atoms with Gasteiger partial charge in [-0.1, -0.05) is 11.8 Å². The van der Waals surface area contributed by atoms with Gasteiger partial charge in [-0.2, -0.15) is 5.26 Å². The summed E-state index contributed by atoms with van der Waals surface area (Å²) < 4.78 is 0. The van der Waals surface area contributed by atoms with Crippen molar-refractivity contribution in [3.8, 4) is 6.07 Å². The zero-order valence-corrected chi connectivity index (χ0v) is 9.50. The first kappa shape index (κ1) is 12.0. The minimum absolute atomic E-state index is 0.698. The second-order valence-corrected chi connectivity index (χ2v) is 4.57. The quantitative estimate of drug-likeness (QED) is 0.465. The van der Waals surface area contributed by atoms with E-state index < -0.39 is 5.54 Å². The van der Waals surface area contributed by atoms with E-state index in [2.05, 4.69) is 16.0 Å². The summed E-state index contributed by atoms with van der Waals surface area (Å²) in [5.74, 6) is 0.887. The van der Waals surface area contributed by atoms with Crippen LogP contribution in [-0.2, 0) is 0 Å². The molecule has 0 bridgehead atoms. The number of aromatic nitrogens is 2. The van der Waals surface area contributed by atoms with Gasteiger partial charge in [-0.3, -0.25) is 0 Å². The zero-order chi connectivity index (χ0) is 11.1. The summed E-state index contributed by atoms with van der Waals surface area (Å²) in [6.45, 7) is 1.75. The first-order valence-corrected chi connectivity index (χ1v) is 5.72. The van der Waals surface area contributed by atoms with Gasteiger partial charge in [0.15, 0.2) is 5.16 Å². The lowest BCUT2D eigenvalue weighted by Gasteiger charge is -2.13. The van der Waals surface area contributed by atoms with E-state index in [0.29, 0.717) is 6.42 Å². The van der Waals surface area contributed by atoms with E-state index in [4.69, 9.17) is 11.0 Å². The van der Waals surface area contributed by atoms with Crippen LogP contribution in [-0.4, -0.2) is 21.3 Å². The van der Waals surface area contributed by atoms with E-state index >= 15 is 0 Å². The van der Waals surface area contributed by atoms with Crippen molar-refractivity contribution < 1.29 is 0 Å². The molecule has 1 rings (SSSR count). The molecule has 0 aliphatic rings. The Morgan fingerprint density at radius 2 is 2.20 bits per heavy atom. The Morgan fingerprint density at radius 3 is 2.80 bits per heavy atom. The molecule has 2 N–H and O–H groups in total. The highest BCUT2D eigenvalue weighted by molar-refractivity contribution is 7.99. The van der Waals surface area contributed by atoms with Crippen LogP contribution < -0.4 is 5.73 Å². The molecule has 5 heteroatoms. The summed E-state index contributed by atoms with van der Waals surface area (Å²) in [5.41, 5.74) is 4.98. The lowest BCUT2D eigenvalue weighted by Crippen LogP contribution is -2.33. The standard InChI is InChI=1S/C10H14N4S/c1-10(12,8-11)4-2-7-15-9-13-5-3-6-14-9/h3,5-6H,2,4,7,12H2,1H3. The van der Waals surface area contributed by atoms with Crippen molar-refractivity contribution in [3.05, 3.63) is 18.5 Å². The summed E-state index contributed by atoms with van der Waals surface area (Å²) in [4.78, 5) is 8.18. The Bertz CT molecular complexity index is 331. The van der Waals surface area contributed by atoms with E-state index in [1.165, 1.54) is 0 Å². The van der Waals surface area contributed by atoms with Crippen molar-refractivity contribution in [1.29, 1.82) is 5.26 Å². The van der Waals surface area contributed by atoms with Crippen LogP contribution in [0.2, 0.25) is 0 Å². The number of hydrogen-bond donors (Lipinski definition) is 1. The highest BCUT2D eigenvalue weighted by Gasteiger charge is 2.15. The molecule has 0 saturated carbocycles. The van der Waals surface area contributed by atoms with Gasteiger partial charge in [0, 0.05) is 18.1 Å². The predicted octanol–water partition coefficient (Wildman–Crippen LogP) is 1.59. The Labute approximate surface area is 93.9 Å². The van der Waals surface area contributed by atoms with Crippen LogP contribution in [0, 0.1) is 11.3 Å². The molecule has 15 heavy (non-hydrogen) atoms. The SMILES string of the molecule is CC(N)(C#N)CCCSc1ncccn1. The first-order valence-electron chi connectivity index (χ1n) is 4.74. The van der Waals surface area contributed by atoms with Gasteiger partial charge in [-0.15, -0.1) is 0 Å². The largest absolute Gasteiger partial charge is 0.314 e. The molecule has 1 aromatic heterocycles. The average Bonchev–Trinajstić information content (AvgIpc) is 2.26. The third-order valence-corrected chi connectivity index (χ3v) is 2.83. The highest BCUT2D eigenvalue weighted by Crippen LogP contribution is 2.16. The molecule has 0 radical (unpaired) electrons. The predicted molar refractivity (Wildman–Crippen MR) is 60.2 cm³/mol. The second-order valence-electron chi connectivity index (χ2n) is 3.51. The first-order chi connectivity index (χ1) is 7.14. The van der Waals surface area contributed by atoms with Gasteiger partial charge in [0.1, 0.15) is 5.54 Å². The Morgan fingerprint density at radius 1 is 1.53 bits per heavy atom. The van der Waals surface area contributed by atoms with Gasteiger partial charge >= 0.3 is 0 Å². The van der Waals surface area contributed by atoms with Gasteiger partial charge in [-0.05, 0) is 25.8 Å². The zero-order valence-electron chi connectivity index (χ0n) is 8.68. The molecule has 0 aliphatic heterocycles. The normalized spacial score (nSPS) is 14.2. The van der Waals surface area contributed by atoms with E-state index in [1.54, 1.807) is 37.1 Å². The number of nitrogens with two attached hydrogens (primary N) is 1.